The van der Waals surface area contributed by atoms with Gasteiger partial charge in [-0.05, 0) is 30.7 Å². The SMILES string of the molecule is Cc1c2nc(-c3ccccc3)nc-2ccn1Cc1ccc(Br)cc1. The monoisotopic (exact) mass is 377 g/mol. The molecule has 0 unspecified atom stereocenters. The van der Waals surface area contributed by atoms with Gasteiger partial charge in [-0.3, -0.25) is 0 Å². The molecule has 0 saturated carbocycles. The lowest BCUT2D eigenvalue weighted by Gasteiger charge is -2.13. The van der Waals surface area contributed by atoms with Crippen LogP contribution in [0.4, 0.5) is 0 Å². The fourth-order valence-electron chi connectivity index (χ4n) is 2.82. The molecule has 0 amide bonds. The number of rotatable bonds is 3. The lowest BCUT2D eigenvalue weighted by atomic mass is 10.2. The van der Waals surface area contributed by atoms with Crippen LogP contribution in [-0.2, 0) is 6.54 Å². The van der Waals surface area contributed by atoms with Crippen LogP contribution in [0.2, 0.25) is 0 Å². The topological polar surface area (TPSA) is 30.7 Å². The van der Waals surface area contributed by atoms with Crippen molar-refractivity contribution in [2.24, 2.45) is 0 Å². The summed E-state index contributed by atoms with van der Waals surface area (Å²) in [5.74, 6) is 0.787. The number of benzene rings is 2. The predicted molar refractivity (Wildman–Crippen MR) is 100 cm³/mol. The van der Waals surface area contributed by atoms with Crippen LogP contribution >= 0.6 is 15.9 Å². The second-order valence-electron chi connectivity index (χ2n) is 5.80. The van der Waals surface area contributed by atoms with Crippen molar-refractivity contribution in [3.63, 3.8) is 0 Å². The van der Waals surface area contributed by atoms with Gasteiger partial charge in [-0.25, -0.2) is 9.97 Å². The first-order chi connectivity index (χ1) is 11.7. The highest BCUT2D eigenvalue weighted by molar-refractivity contribution is 9.10. The van der Waals surface area contributed by atoms with E-state index in [0.29, 0.717) is 0 Å². The summed E-state index contributed by atoms with van der Waals surface area (Å²) in [6, 6.07) is 20.6. The maximum Gasteiger partial charge on any atom is 0.160 e. The average Bonchev–Trinajstić information content (AvgIpc) is 3.05. The molecule has 0 aliphatic carbocycles. The Hall–Kier alpha value is -2.46. The van der Waals surface area contributed by atoms with Crippen LogP contribution in [-0.4, -0.2) is 14.5 Å². The molecule has 0 saturated heterocycles. The summed E-state index contributed by atoms with van der Waals surface area (Å²) < 4.78 is 3.31. The quantitative estimate of drug-likeness (QED) is 0.493. The fraction of sp³-hybridized carbons (Fsp3) is 0.100. The van der Waals surface area contributed by atoms with Gasteiger partial charge in [0.1, 0.15) is 5.69 Å². The Bertz CT molecular complexity index is 943. The largest absolute Gasteiger partial charge is 0.345 e. The Balaban J connectivity index is 1.72. The normalized spacial score (nSPS) is 11.1. The predicted octanol–water partition coefficient (Wildman–Crippen LogP) is 5.17. The summed E-state index contributed by atoms with van der Waals surface area (Å²) in [5, 5.41) is 0. The number of halogens is 1. The van der Waals surface area contributed by atoms with Gasteiger partial charge in [0.2, 0.25) is 0 Å². The van der Waals surface area contributed by atoms with Gasteiger partial charge in [0.05, 0.1) is 5.69 Å². The number of aromatic nitrogens is 3. The van der Waals surface area contributed by atoms with Crippen LogP contribution in [0.15, 0.2) is 71.3 Å². The average molecular weight is 378 g/mol. The van der Waals surface area contributed by atoms with Crippen molar-refractivity contribution in [2.45, 2.75) is 13.5 Å². The highest BCUT2D eigenvalue weighted by Gasteiger charge is 2.16. The molecule has 0 N–H and O–H groups in total. The molecule has 2 aliphatic rings. The molecule has 2 aromatic carbocycles. The van der Waals surface area contributed by atoms with Gasteiger partial charge < -0.3 is 4.57 Å². The minimum Gasteiger partial charge on any atom is -0.345 e. The molecule has 4 rings (SSSR count). The van der Waals surface area contributed by atoms with E-state index in [2.05, 4.69) is 62.9 Å². The van der Waals surface area contributed by atoms with Crippen LogP contribution < -0.4 is 0 Å². The summed E-state index contributed by atoms with van der Waals surface area (Å²) in [4.78, 5) is 9.43. The maximum atomic E-state index is 4.76. The van der Waals surface area contributed by atoms with Gasteiger partial charge in [-0.1, -0.05) is 58.4 Å². The molecule has 3 nitrogen and oxygen atoms in total. The van der Waals surface area contributed by atoms with E-state index >= 15 is 0 Å². The molecule has 0 spiro atoms. The molecule has 0 bridgehead atoms. The van der Waals surface area contributed by atoms with E-state index in [4.69, 9.17) is 4.98 Å². The molecule has 0 fully saturated rings. The van der Waals surface area contributed by atoms with E-state index in [9.17, 15) is 0 Å². The van der Waals surface area contributed by atoms with E-state index < -0.39 is 0 Å². The zero-order valence-corrected chi connectivity index (χ0v) is 14.9. The van der Waals surface area contributed by atoms with Crippen molar-refractivity contribution in [1.29, 1.82) is 0 Å². The van der Waals surface area contributed by atoms with Crippen molar-refractivity contribution >= 4 is 15.9 Å². The third-order valence-electron chi connectivity index (χ3n) is 4.17. The van der Waals surface area contributed by atoms with E-state index in [1.165, 1.54) is 5.56 Å². The molecule has 0 aromatic heterocycles. The molecule has 0 atom stereocenters. The van der Waals surface area contributed by atoms with E-state index in [0.717, 1.165) is 39.5 Å². The molecule has 24 heavy (non-hydrogen) atoms. The first kappa shape index (κ1) is 15.1. The number of pyridine rings is 1. The number of nitrogens with zero attached hydrogens (tertiary/aromatic N) is 3. The van der Waals surface area contributed by atoms with Gasteiger partial charge in [-0.15, -0.1) is 0 Å². The standard InChI is InChI=1S/C20H16BrN3/c1-14-19-18(22-20(23-19)16-5-3-2-4-6-16)11-12-24(14)13-15-7-9-17(21)10-8-15/h2-12H,13H2,1H3. The molecule has 4 heteroatoms. The number of hydrogen-bond acceptors (Lipinski definition) is 2. The summed E-state index contributed by atoms with van der Waals surface area (Å²) >= 11 is 3.48. The highest BCUT2D eigenvalue weighted by atomic mass is 79.9. The van der Waals surface area contributed by atoms with Crippen molar-refractivity contribution in [2.75, 3.05) is 0 Å². The summed E-state index contributed by atoms with van der Waals surface area (Å²) in [6.45, 7) is 2.92. The van der Waals surface area contributed by atoms with E-state index in [1.54, 1.807) is 0 Å². The summed E-state index contributed by atoms with van der Waals surface area (Å²) in [7, 11) is 0. The molecule has 2 aromatic rings. The third kappa shape index (κ3) is 2.85. The molecule has 0 radical (unpaired) electrons. The maximum absolute atomic E-state index is 4.76. The number of imidazole rings is 1. The zero-order chi connectivity index (χ0) is 16.5. The van der Waals surface area contributed by atoms with Crippen LogP contribution in [0.3, 0.4) is 0 Å². The van der Waals surface area contributed by atoms with E-state index in [1.807, 2.05) is 36.4 Å². The second-order valence-corrected chi connectivity index (χ2v) is 6.72. The van der Waals surface area contributed by atoms with Crippen molar-refractivity contribution in [1.82, 2.24) is 14.5 Å². The van der Waals surface area contributed by atoms with Gasteiger partial charge in [0.25, 0.3) is 0 Å². The van der Waals surface area contributed by atoms with Crippen LogP contribution in [0.25, 0.3) is 22.8 Å². The summed E-state index contributed by atoms with van der Waals surface area (Å²) in [6.07, 6.45) is 2.09. The second kappa shape index (κ2) is 6.21. The zero-order valence-electron chi connectivity index (χ0n) is 13.3. The molecule has 2 aliphatic heterocycles. The van der Waals surface area contributed by atoms with Gasteiger partial charge in [0, 0.05) is 28.5 Å². The highest BCUT2D eigenvalue weighted by Crippen LogP contribution is 2.27. The Morgan fingerprint density at radius 3 is 2.42 bits per heavy atom. The number of fused-ring (bicyclic) bond motifs is 1. The fourth-order valence-corrected chi connectivity index (χ4v) is 3.08. The van der Waals surface area contributed by atoms with Gasteiger partial charge in [-0.2, -0.15) is 0 Å². The minimum absolute atomic E-state index is 0.787. The van der Waals surface area contributed by atoms with Gasteiger partial charge >= 0.3 is 0 Å². The summed E-state index contributed by atoms with van der Waals surface area (Å²) in [5.41, 5.74) is 5.35. The molecular formula is C20H16BrN3. The molecular weight excluding hydrogens is 362 g/mol. The lowest BCUT2D eigenvalue weighted by molar-refractivity contribution is 0.758. The minimum atomic E-state index is 0.787. The van der Waals surface area contributed by atoms with E-state index in [-0.39, 0.29) is 0 Å². The van der Waals surface area contributed by atoms with Crippen LogP contribution in [0, 0.1) is 6.92 Å². The Labute approximate surface area is 149 Å². The number of hydrogen-bond donors (Lipinski definition) is 0. The Kier molecular flexibility index (Phi) is 3.90. The lowest BCUT2D eigenvalue weighted by Crippen LogP contribution is -2.06. The van der Waals surface area contributed by atoms with Crippen molar-refractivity contribution in [3.8, 4) is 22.8 Å². The van der Waals surface area contributed by atoms with Crippen LogP contribution in [0.1, 0.15) is 11.3 Å². The smallest absolute Gasteiger partial charge is 0.160 e. The van der Waals surface area contributed by atoms with Crippen molar-refractivity contribution in [3.05, 3.63) is 82.6 Å². The van der Waals surface area contributed by atoms with Gasteiger partial charge in [0.15, 0.2) is 5.82 Å². The molecule has 118 valence electrons. The third-order valence-corrected chi connectivity index (χ3v) is 4.70. The Morgan fingerprint density at radius 2 is 1.67 bits per heavy atom. The van der Waals surface area contributed by atoms with Crippen LogP contribution in [0.5, 0.6) is 0 Å². The molecule has 2 heterocycles. The van der Waals surface area contributed by atoms with Crippen molar-refractivity contribution < 1.29 is 0 Å². The Morgan fingerprint density at radius 1 is 0.917 bits per heavy atom. The first-order valence-electron chi connectivity index (χ1n) is 7.84. The first-order valence-corrected chi connectivity index (χ1v) is 8.63.